The fourth-order valence-electron chi connectivity index (χ4n) is 4.31. The van der Waals surface area contributed by atoms with Crippen molar-refractivity contribution >= 4 is 14.1 Å². The molecule has 0 spiro atoms. The molecule has 1 N–H and O–H groups in total. The number of quaternary nitrogens is 1. The van der Waals surface area contributed by atoms with Crippen molar-refractivity contribution in [3.05, 3.63) is 0 Å². The van der Waals surface area contributed by atoms with Gasteiger partial charge in [0.1, 0.15) is 25.5 Å². The summed E-state index contributed by atoms with van der Waals surface area (Å²) in [7, 11) is 1.33. The van der Waals surface area contributed by atoms with E-state index in [4.69, 9.17) is 13.8 Å². The van der Waals surface area contributed by atoms with Gasteiger partial charge in [0.15, 0.2) is 0 Å². The number of aliphatic hydroxyl groups excluding tert-OH is 1. The van der Waals surface area contributed by atoms with Crippen molar-refractivity contribution in [2.24, 2.45) is 0 Å². The van der Waals surface area contributed by atoms with Gasteiger partial charge in [-0.25, -0.2) is 0 Å². The average Bonchev–Trinajstić information content (AvgIpc) is 2.85. The number of likely N-dealkylation sites (N-methyl/N-ethyl adjacent to an activating group) is 1. The van der Waals surface area contributed by atoms with Gasteiger partial charge in [-0.2, -0.15) is 0 Å². The van der Waals surface area contributed by atoms with Gasteiger partial charge in [0.05, 0.1) is 33.9 Å². The highest BCUT2D eigenvalue weighted by atomic mass is 31.2. The smallest absolute Gasteiger partial charge is 0.268 e. The lowest BCUT2D eigenvalue weighted by Crippen LogP contribution is -2.38. The second-order valence-corrected chi connectivity index (χ2v) is 12.9. The Labute approximate surface area is 234 Å². The summed E-state index contributed by atoms with van der Waals surface area (Å²) < 4.78 is 29.4. The lowest BCUT2D eigenvalue weighted by Gasteiger charge is -2.33. The number of aliphatic hydroxyl groups is 1. The third kappa shape index (κ3) is 24.7. The second-order valence-electron chi connectivity index (χ2n) is 11.6. The van der Waals surface area contributed by atoms with Crippen LogP contribution in [0.15, 0.2) is 0 Å². The first-order chi connectivity index (χ1) is 18.1. The monoisotopic (exact) mass is 565 g/mol. The Morgan fingerprint density at radius 1 is 0.789 bits per heavy atom. The number of unbranched alkanes of at least 4 members (excludes halogenated alkanes) is 15. The highest BCUT2D eigenvalue weighted by Crippen LogP contribution is 2.41. The number of ether oxygens (including phenoxy) is 1. The molecule has 8 nitrogen and oxygen atoms in total. The quantitative estimate of drug-likeness (QED) is 0.0500. The Kier molecular flexibility index (Phi) is 24.2. The van der Waals surface area contributed by atoms with Gasteiger partial charge in [-0.15, -0.1) is 0 Å². The summed E-state index contributed by atoms with van der Waals surface area (Å²) in [6.07, 6.45) is 19.0. The van der Waals surface area contributed by atoms with Crippen LogP contribution < -0.4 is 4.89 Å². The third-order valence-corrected chi connectivity index (χ3v) is 7.79. The normalized spacial score (nSPS) is 15.3. The molecule has 38 heavy (non-hydrogen) atoms. The van der Waals surface area contributed by atoms with Gasteiger partial charge in [-0.3, -0.25) is 4.57 Å². The van der Waals surface area contributed by atoms with Gasteiger partial charge in [-0.1, -0.05) is 96.8 Å². The van der Waals surface area contributed by atoms with E-state index in [1.165, 1.54) is 70.6 Å². The van der Waals surface area contributed by atoms with Gasteiger partial charge >= 0.3 is 0 Å². The molecule has 0 amide bonds. The molecule has 0 aliphatic rings. The zero-order valence-corrected chi connectivity index (χ0v) is 26.0. The molecule has 0 aliphatic heterocycles. The van der Waals surface area contributed by atoms with Gasteiger partial charge in [-0.05, 0) is 19.3 Å². The molecule has 0 bridgehead atoms. The van der Waals surface area contributed by atoms with E-state index in [0.29, 0.717) is 43.3 Å². The highest BCUT2D eigenvalue weighted by Gasteiger charge is 2.27. The Bertz CT molecular complexity index is 586. The largest absolute Gasteiger partial charge is 0.756 e. The second kappa shape index (κ2) is 24.5. The van der Waals surface area contributed by atoms with Crippen LogP contribution >= 0.6 is 7.82 Å². The minimum Gasteiger partial charge on any atom is -0.756 e. The SMILES string of the molecule is CCCCCCCCCCCCCCCC[C@@H](OP(=O)([O-])OCC[N+](C)(C)C)[C@H](CO)OCCCCC=O. The summed E-state index contributed by atoms with van der Waals surface area (Å²) in [6, 6.07) is 0. The lowest BCUT2D eigenvalue weighted by molar-refractivity contribution is -0.870. The van der Waals surface area contributed by atoms with Crippen LogP contribution in [0.3, 0.4) is 0 Å². The maximum absolute atomic E-state index is 12.5. The Balaban J connectivity index is 4.40. The Morgan fingerprint density at radius 2 is 1.32 bits per heavy atom. The van der Waals surface area contributed by atoms with Crippen LogP contribution in [0.5, 0.6) is 0 Å². The number of hydrogen-bond donors (Lipinski definition) is 1. The van der Waals surface area contributed by atoms with E-state index in [2.05, 4.69) is 6.92 Å². The molecule has 0 aromatic carbocycles. The molecule has 9 heteroatoms. The van der Waals surface area contributed by atoms with Crippen LogP contribution in [0.4, 0.5) is 0 Å². The Hall–Kier alpha value is -0.340. The van der Waals surface area contributed by atoms with Gasteiger partial charge < -0.3 is 33.1 Å². The van der Waals surface area contributed by atoms with E-state index >= 15 is 0 Å². The summed E-state index contributed by atoms with van der Waals surface area (Å²) in [5.74, 6) is 0. The van der Waals surface area contributed by atoms with E-state index in [9.17, 15) is 19.4 Å². The van der Waals surface area contributed by atoms with Crippen molar-refractivity contribution in [2.45, 2.75) is 135 Å². The van der Waals surface area contributed by atoms with E-state index in [1.54, 1.807) is 0 Å². The minimum atomic E-state index is -4.54. The zero-order valence-electron chi connectivity index (χ0n) is 25.1. The number of phosphoric acid groups is 1. The summed E-state index contributed by atoms with van der Waals surface area (Å²) in [5, 5.41) is 9.90. The molecule has 0 saturated carbocycles. The van der Waals surface area contributed by atoms with Crippen molar-refractivity contribution in [2.75, 3.05) is 47.5 Å². The number of rotatable bonds is 29. The summed E-state index contributed by atoms with van der Waals surface area (Å²) in [6.45, 7) is 2.81. The highest BCUT2D eigenvalue weighted by molar-refractivity contribution is 7.45. The fourth-order valence-corrected chi connectivity index (χ4v) is 5.25. The number of phosphoric ester groups is 1. The van der Waals surface area contributed by atoms with Crippen LogP contribution in [0.2, 0.25) is 0 Å². The van der Waals surface area contributed by atoms with Crippen LogP contribution in [0.1, 0.15) is 122 Å². The number of carbonyl (C=O) groups is 1. The maximum Gasteiger partial charge on any atom is 0.268 e. The van der Waals surface area contributed by atoms with Crippen LogP contribution in [-0.4, -0.2) is 75.6 Å². The maximum atomic E-state index is 12.5. The predicted octanol–water partition coefficient (Wildman–Crippen LogP) is 6.18. The van der Waals surface area contributed by atoms with Crippen LogP contribution in [0.25, 0.3) is 0 Å². The number of hydrogen-bond acceptors (Lipinski definition) is 7. The minimum absolute atomic E-state index is 0.0339. The summed E-state index contributed by atoms with van der Waals surface area (Å²) >= 11 is 0. The predicted molar refractivity (Wildman–Crippen MR) is 153 cm³/mol. The first-order valence-electron chi connectivity index (χ1n) is 15.3. The van der Waals surface area contributed by atoms with Crippen LogP contribution in [0, 0.1) is 0 Å². The molecule has 228 valence electrons. The summed E-state index contributed by atoms with van der Waals surface area (Å²) in [5.41, 5.74) is 0. The van der Waals surface area contributed by atoms with E-state index < -0.39 is 20.0 Å². The molecule has 0 aromatic heterocycles. The molecule has 0 radical (unpaired) electrons. The average molecular weight is 566 g/mol. The molecule has 3 atom stereocenters. The molecular formula is C29H60NO7P. The first-order valence-corrected chi connectivity index (χ1v) is 16.7. The molecular weight excluding hydrogens is 505 g/mol. The molecule has 1 unspecified atom stereocenters. The molecule has 0 rings (SSSR count). The number of aldehydes is 1. The molecule has 0 saturated heterocycles. The zero-order chi connectivity index (χ0) is 28.5. The lowest BCUT2D eigenvalue weighted by atomic mass is 10.0. The number of nitrogens with zero attached hydrogens (tertiary/aromatic N) is 1. The van der Waals surface area contributed by atoms with Gasteiger partial charge in [0.25, 0.3) is 7.82 Å². The van der Waals surface area contributed by atoms with E-state index in [0.717, 1.165) is 25.5 Å². The molecule has 0 aromatic rings. The van der Waals surface area contributed by atoms with Crippen molar-refractivity contribution in [1.82, 2.24) is 0 Å². The van der Waals surface area contributed by atoms with Crippen molar-refractivity contribution in [3.63, 3.8) is 0 Å². The standard InChI is InChI=1S/C29H60NO7P/c1-5-6-7-8-9-10-11-12-13-14-15-16-17-19-22-28(29(27-32)35-25-21-18-20-24-31)37-38(33,34)36-26-23-30(2,3)4/h24,28-29,32H,5-23,25-27H2,1-4H3/t28-,29+/m1/s1. The Morgan fingerprint density at radius 3 is 1.79 bits per heavy atom. The van der Waals surface area contributed by atoms with E-state index in [1.807, 2.05) is 21.1 Å². The van der Waals surface area contributed by atoms with Crippen molar-refractivity contribution in [1.29, 1.82) is 0 Å². The molecule has 0 aliphatic carbocycles. The van der Waals surface area contributed by atoms with E-state index in [-0.39, 0.29) is 13.2 Å². The van der Waals surface area contributed by atoms with Crippen LogP contribution in [-0.2, 0) is 23.1 Å². The topological polar surface area (TPSA) is 105 Å². The number of carbonyl (C=O) groups excluding carboxylic acids is 1. The summed E-state index contributed by atoms with van der Waals surface area (Å²) in [4.78, 5) is 23.0. The molecule has 0 fully saturated rings. The van der Waals surface area contributed by atoms with Gasteiger partial charge in [0, 0.05) is 13.0 Å². The van der Waals surface area contributed by atoms with Gasteiger partial charge in [0.2, 0.25) is 0 Å². The van der Waals surface area contributed by atoms with Crippen molar-refractivity contribution < 1.29 is 37.6 Å². The van der Waals surface area contributed by atoms with Crippen molar-refractivity contribution in [3.8, 4) is 0 Å². The fraction of sp³-hybridized carbons (Fsp3) is 0.966. The first kappa shape index (κ1) is 37.7. The molecule has 0 heterocycles. The third-order valence-electron chi connectivity index (χ3n) is 6.76.